The zero-order valence-electron chi connectivity index (χ0n) is 18.4. The van der Waals surface area contributed by atoms with E-state index in [1.54, 1.807) is 24.3 Å². The van der Waals surface area contributed by atoms with Crippen molar-refractivity contribution < 1.29 is 14.3 Å². The Labute approximate surface area is 189 Å². The third-order valence-electron chi connectivity index (χ3n) is 6.06. The van der Waals surface area contributed by atoms with Crippen LogP contribution in [-0.2, 0) is 11.3 Å². The summed E-state index contributed by atoms with van der Waals surface area (Å²) in [6.07, 6.45) is 4.43. The normalized spacial score (nSPS) is 19.4. The van der Waals surface area contributed by atoms with Crippen molar-refractivity contribution in [1.82, 2.24) is 15.5 Å². The van der Waals surface area contributed by atoms with Crippen molar-refractivity contribution in [3.8, 4) is 0 Å². The Kier molecular flexibility index (Phi) is 7.74. The number of ether oxygens (including phenoxy) is 1. The smallest absolute Gasteiger partial charge is 0.319 e. The minimum atomic E-state index is -0.281. The first-order valence-electron chi connectivity index (χ1n) is 11.5. The van der Waals surface area contributed by atoms with E-state index in [4.69, 9.17) is 4.74 Å². The zero-order valence-corrected chi connectivity index (χ0v) is 18.4. The summed E-state index contributed by atoms with van der Waals surface area (Å²) in [4.78, 5) is 27.0. The van der Waals surface area contributed by atoms with E-state index < -0.39 is 0 Å². The van der Waals surface area contributed by atoms with Gasteiger partial charge in [0.1, 0.15) is 0 Å². The maximum Gasteiger partial charge on any atom is 0.319 e. The molecule has 2 aliphatic rings. The topological polar surface area (TPSA) is 82.7 Å². The van der Waals surface area contributed by atoms with E-state index >= 15 is 0 Å². The fourth-order valence-corrected chi connectivity index (χ4v) is 4.31. The number of carbonyl (C=O) groups is 2. The second kappa shape index (κ2) is 11.1. The van der Waals surface area contributed by atoms with Crippen LogP contribution in [-0.4, -0.2) is 55.2 Å². The van der Waals surface area contributed by atoms with Crippen LogP contribution in [0.4, 0.5) is 10.5 Å². The van der Waals surface area contributed by atoms with Crippen molar-refractivity contribution in [1.29, 1.82) is 0 Å². The molecule has 0 aromatic heterocycles. The molecule has 0 bridgehead atoms. The lowest BCUT2D eigenvalue weighted by Gasteiger charge is -2.33. The number of morpholine rings is 1. The second-order valence-electron chi connectivity index (χ2n) is 8.58. The van der Waals surface area contributed by atoms with Crippen molar-refractivity contribution in [2.75, 3.05) is 31.6 Å². The van der Waals surface area contributed by atoms with Crippen LogP contribution in [0.2, 0.25) is 0 Å². The highest BCUT2D eigenvalue weighted by Crippen LogP contribution is 2.18. The molecule has 1 heterocycles. The molecule has 1 saturated carbocycles. The number of nitrogens with zero attached hydrogens (tertiary/aromatic N) is 1. The molecule has 1 aliphatic carbocycles. The number of rotatable bonds is 7. The van der Waals surface area contributed by atoms with E-state index in [2.05, 4.69) is 33.0 Å². The van der Waals surface area contributed by atoms with Crippen LogP contribution in [0, 0.1) is 0 Å². The third-order valence-corrected chi connectivity index (χ3v) is 6.06. The van der Waals surface area contributed by atoms with Gasteiger partial charge in [0.25, 0.3) is 5.91 Å². The van der Waals surface area contributed by atoms with E-state index in [0.717, 1.165) is 32.5 Å². The fraction of sp³-hybridized carbons (Fsp3) is 0.440. The molecule has 3 amide bonds. The Hall–Kier alpha value is -2.90. The summed E-state index contributed by atoms with van der Waals surface area (Å²) in [5.41, 5.74) is 2.53. The quantitative estimate of drug-likeness (QED) is 0.621. The van der Waals surface area contributed by atoms with Crippen molar-refractivity contribution in [2.45, 2.75) is 44.4 Å². The van der Waals surface area contributed by atoms with Gasteiger partial charge in [-0.05, 0) is 42.7 Å². The van der Waals surface area contributed by atoms with Gasteiger partial charge in [-0.25, -0.2) is 4.79 Å². The van der Waals surface area contributed by atoms with E-state index in [1.807, 2.05) is 18.2 Å². The molecule has 32 heavy (non-hydrogen) atoms. The van der Waals surface area contributed by atoms with Gasteiger partial charge < -0.3 is 20.7 Å². The maximum atomic E-state index is 12.3. The number of amides is 3. The van der Waals surface area contributed by atoms with Crippen molar-refractivity contribution >= 4 is 17.6 Å². The second-order valence-corrected chi connectivity index (χ2v) is 8.58. The monoisotopic (exact) mass is 436 g/mol. The van der Waals surface area contributed by atoms with Gasteiger partial charge in [0.15, 0.2) is 0 Å². The molecule has 1 saturated heterocycles. The van der Waals surface area contributed by atoms with Crippen LogP contribution in [0.5, 0.6) is 0 Å². The van der Waals surface area contributed by atoms with Crippen molar-refractivity contribution in [2.24, 2.45) is 0 Å². The van der Waals surface area contributed by atoms with Gasteiger partial charge >= 0.3 is 6.03 Å². The summed E-state index contributed by atoms with van der Waals surface area (Å²) in [7, 11) is 0. The molecule has 170 valence electrons. The van der Waals surface area contributed by atoms with E-state index in [-0.39, 0.29) is 24.1 Å². The summed E-state index contributed by atoms with van der Waals surface area (Å²) in [6, 6.07) is 17.4. The molecule has 1 aliphatic heterocycles. The van der Waals surface area contributed by atoms with Crippen molar-refractivity contribution in [3.63, 3.8) is 0 Å². The van der Waals surface area contributed by atoms with Crippen LogP contribution in [0.25, 0.3) is 0 Å². The molecule has 2 aromatic rings. The highest BCUT2D eigenvalue weighted by atomic mass is 16.5. The molecule has 4 rings (SSSR count). The SMILES string of the molecule is O=C(NCC1CN(Cc2ccccc2)CCO1)Nc1ccc(C(=O)NC2CCCC2)cc1. The molecule has 3 N–H and O–H groups in total. The number of hydrogen-bond acceptors (Lipinski definition) is 4. The lowest BCUT2D eigenvalue weighted by molar-refractivity contribution is -0.0285. The predicted molar refractivity (Wildman–Crippen MR) is 125 cm³/mol. The van der Waals surface area contributed by atoms with Crippen LogP contribution >= 0.6 is 0 Å². The van der Waals surface area contributed by atoms with E-state index in [0.29, 0.717) is 24.4 Å². The molecule has 7 heteroatoms. The largest absolute Gasteiger partial charge is 0.374 e. The Morgan fingerprint density at radius 1 is 1.00 bits per heavy atom. The summed E-state index contributed by atoms with van der Waals surface area (Å²) < 4.78 is 5.81. The lowest BCUT2D eigenvalue weighted by atomic mass is 10.1. The molecule has 1 atom stereocenters. The lowest BCUT2D eigenvalue weighted by Crippen LogP contribution is -2.47. The van der Waals surface area contributed by atoms with Gasteiger partial charge in [0.2, 0.25) is 0 Å². The summed E-state index contributed by atoms with van der Waals surface area (Å²) in [5.74, 6) is -0.0533. The third kappa shape index (κ3) is 6.55. The molecule has 2 fully saturated rings. The summed E-state index contributed by atoms with van der Waals surface area (Å²) >= 11 is 0. The Balaban J connectivity index is 1.19. The minimum absolute atomic E-state index is 0.0418. The van der Waals surface area contributed by atoms with Gasteiger partial charge in [-0.3, -0.25) is 9.69 Å². The first-order valence-corrected chi connectivity index (χ1v) is 11.5. The van der Waals surface area contributed by atoms with Crippen LogP contribution < -0.4 is 16.0 Å². The highest BCUT2D eigenvalue weighted by molar-refractivity contribution is 5.95. The number of benzene rings is 2. The number of urea groups is 1. The number of anilines is 1. The van der Waals surface area contributed by atoms with Crippen molar-refractivity contribution in [3.05, 3.63) is 65.7 Å². The zero-order chi connectivity index (χ0) is 22.2. The number of nitrogens with one attached hydrogen (secondary N) is 3. The fourth-order valence-electron chi connectivity index (χ4n) is 4.31. The van der Waals surface area contributed by atoms with Gasteiger partial charge in [-0.1, -0.05) is 43.2 Å². The summed E-state index contributed by atoms with van der Waals surface area (Å²) in [6.45, 7) is 3.65. The molecule has 7 nitrogen and oxygen atoms in total. The van der Waals surface area contributed by atoms with Crippen LogP contribution in [0.3, 0.4) is 0 Å². The number of hydrogen-bond donors (Lipinski definition) is 3. The highest BCUT2D eigenvalue weighted by Gasteiger charge is 2.21. The molecule has 0 radical (unpaired) electrons. The van der Waals surface area contributed by atoms with E-state index in [9.17, 15) is 9.59 Å². The standard InChI is InChI=1S/C25H32N4O3/c30-24(27-21-8-4-5-9-21)20-10-12-22(13-11-20)28-25(31)26-16-23-18-29(14-15-32-23)17-19-6-2-1-3-7-19/h1-3,6-7,10-13,21,23H,4-5,8-9,14-18H2,(H,27,30)(H2,26,28,31). The molecule has 1 unspecified atom stereocenters. The van der Waals surface area contributed by atoms with Gasteiger partial charge in [-0.15, -0.1) is 0 Å². The first-order chi connectivity index (χ1) is 15.7. The van der Waals surface area contributed by atoms with Crippen LogP contribution in [0.15, 0.2) is 54.6 Å². The Morgan fingerprint density at radius 2 is 1.75 bits per heavy atom. The van der Waals surface area contributed by atoms with E-state index in [1.165, 1.54) is 18.4 Å². The Bertz CT molecular complexity index is 882. The van der Waals surface area contributed by atoms with Crippen LogP contribution in [0.1, 0.15) is 41.6 Å². The molecule has 2 aromatic carbocycles. The molecular formula is C25H32N4O3. The molecule has 0 spiro atoms. The average Bonchev–Trinajstić information content (AvgIpc) is 3.32. The Morgan fingerprint density at radius 3 is 2.50 bits per heavy atom. The predicted octanol–water partition coefficient (Wildman–Crippen LogP) is 3.38. The maximum absolute atomic E-state index is 12.3. The minimum Gasteiger partial charge on any atom is -0.374 e. The summed E-state index contributed by atoms with van der Waals surface area (Å²) in [5, 5.41) is 8.79. The first kappa shape index (κ1) is 22.3. The van der Waals surface area contributed by atoms with Gasteiger partial charge in [0, 0.05) is 43.5 Å². The number of carbonyl (C=O) groups excluding carboxylic acids is 2. The van der Waals surface area contributed by atoms with Gasteiger partial charge in [-0.2, -0.15) is 0 Å². The average molecular weight is 437 g/mol. The molecular weight excluding hydrogens is 404 g/mol. The van der Waals surface area contributed by atoms with Gasteiger partial charge in [0.05, 0.1) is 12.7 Å².